The quantitative estimate of drug-likeness (QED) is 0.579. The zero-order valence-corrected chi connectivity index (χ0v) is 6.58. The fraction of sp³-hybridized carbons (Fsp3) is 0.143. The van der Waals surface area contributed by atoms with Crippen LogP contribution in [0.5, 0.6) is 0 Å². The highest BCUT2D eigenvalue weighted by atomic mass is 35.5. The lowest BCUT2D eigenvalue weighted by atomic mass is 10.2. The number of pyridine rings is 1. The average molecular weight is 195 g/mol. The number of hydrogen-bond acceptors (Lipinski definition) is 1. The normalized spacial score (nSPS) is 11.8. The molecule has 12 heavy (non-hydrogen) atoms. The molecule has 0 bridgehead atoms. The fourth-order valence-electron chi connectivity index (χ4n) is 0.715. The van der Waals surface area contributed by atoms with Crippen LogP contribution >= 0.6 is 11.6 Å². The Morgan fingerprint density at radius 1 is 1.33 bits per heavy atom. The van der Waals surface area contributed by atoms with Crippen LogP contribution in [-0.4, -0.2) is 4.98 Å². The summed E-state index contributed by atoms with van der Waals surface area (Å²) in [5.74, 6) is 0. The third kappa shape index (κ3) is 2.11. The van der Waals surface area contributed by atoms with Crippen LogP contribution in [0.3, 0.4) is 0 Å². The topological polar surface area (TPSA) is 12.9 Å². The molecular formula is C7H4ClF3N. The molecule has 1 heterocycles. The first kappa shape index (κ1) is 9.32. The molecule has 0 fully saturated rings. The highest BCUT2D eigenvalue weighted by Gasteiger charge is 2.31. The van der Waals surface area contributed by atoms with Gasteiger partial charge >= 0.3 is 6.18 Å². The first-order valence-electron chi connectivity index (χ1n) is 2.96. The van der Waals surface area contributed by atoms with Gasteiger partial charge in [-0.3, -0.25) is 0 Å². The molecule has 0 atom stereocenters. The first-order chi connectivity index (χ1) is 5.39. The number of halogens is 4. The Morgan fingerprint density at radius 3 is 2.33 bits per heavy atom. The molecule has 0 aliphatic carbocycles. The van der Waals surface area contributed by atoms with Crippen LogP contribution in [0, 0.1) is 6.92 Å². The van der Waals surface area contributed by atoms with Crippen LogP contribution in [0.2, 0.25) is 5.15 Å². The van der Waals surface area contributed by atoms with Crippen molar-refractivity contribution in [1.29, 1.82) is 0 Å². The van der Waals surface area contributed by atoms with Crippen molar-refractivity contribution in [2.75, 3.05) is 0 Å². The Bertz CT molecular complexity index is 275. The van der Waals surface area contributed by atoms with E-state index in [1.165, 1.54) is 0 Å². The van der Waals surface area contributed by atoms with Crippen molar-refractivity contribution in [3.63, 3.8) is 0 Å². The predicted molar refractivity (Wildman–Crippen MR) is 38.7 cm³/mol. The summed E-state index contributed by atoms with van der Waals surface area (Å²) in [6.45, 7) is 3.26. The summed E-state index contributed by atoms with van der Waals surface area (Å²) in [7, 11) is 0. The second-order valence-electron chi connectivity index (χ2n) is 2.17. The lowest BCUT2D eigenvalue weighted by Crippen LogP contribution is -2.05. The standard InChI is InChI=1S/C7H4ClF3N/c1-4-2-5(7(9,10)11)3-6(8)12-4/h2-3H,1H2. The van der Waals surface area contributed by atoms with E-state index in [1.807, 2.05) is 0 Å². The summed E-state index contributed by atoms with van der Waals surface area (Å²) >= 11 is 5.31. The van der Waals surface area contributed by atoms with Crippen LogP contribution in [0.15, 0.2) is 12.1 Å². The van der Waals surface area contributed by atoms with Crippen molar-refractivity contribution in [1.82, 2.24) is 4.98 Å². The van der Waals surface area contributed by atoms with E-state index in [1.54, 1.807) is 0 Å². The highest BCUT2D eigenvalue weighted by Crippen LogP contribution is 2.30. The molecule has 0 amide bonds. The van der Waals surface area contributed by atoms with Gasteiger partial charge in [0.2, 0.25) is 0 Å². The third-order valence-electron chi connectivity index (χ3n) is 1.17. The molecule has 0 saturated carbocycles. The van der Waals surface area contributed by atoms with Gasteiger partial charge in [0.1, 0.15) is 5.15 Å². The van der Waals surface area contributed by atoms with Gasteiger partial charge in [0.15, 0.2) is 0 Å². The Morgan fingerprint density at radius 2 is 1.92 bits per heavy atom. The Kier molecular flexibility index (Phi) is 2.28. The molecule has 65 valence electrons. The number of rotatable bonds is 0. The zero-order chi connectivity index (χ0) is 9.35. The summed E-state index contributed by atoms with van der Waals surface area (Å²) in [6.07, 6.45) is -4.39. The molecule has 1 rings (SSSR count). The van der Waals surface area contributed by atoms with Crippen LogP contribution in [0.4, 0.5) is 13.2 Å². The minimum Gasteiger partial charge on any atom is -0.241 e. The second kappa shape index (κ2) is 2.94. The number of aromatic nitrogens is 1. The van der Waals surface area contributed by atoms with Crippen LogP contribution in [0.25, 0.3) is 0 Å². The number of nitrogens with zero attached hydrogens (tertiary/aromatic N) is 1. The summed E-state index contributed by atoms with van der Waals surface area (Å²) in [5, 5.41) is -0.199. The van der Waals surface area contributed by atoms with Gasteiger partial charge in [0, 0.05) is 5.69 Å². The van der Waals surface area contributed by atoms with Gasteiger partial charge in [-0.05, 0) is 19.1 Å². The van der Waals surface area contributed by atoms with E-state index in [4.69, 9.17) is 11.6 Å². The van der Waals surface area contributed by atoms with Gasteiger partial charge in [-0.1, -0.05) is 11.6 Å². The summed E-state index contributed by atoms with van der Waals surface area (Å²) in [5.41, 5.74) is -0.817. The van der Waals surface area contributed by atoms with Gasteiger partial charge in [0.25, 0.3) is 0 Å². The molecule has 5 heteroatoms. The molecule has 0 aliphatic heterocycles. The van der Waals surface area contributed by atoms with Gasteiger partial charge in [-0.2, -0.15) is 13.2 Å². The maximum absolute atomic E-state index is 12.0. The smallest absolute Gasteiger partial charge is 0.241 e. The van der Waals surface area contributed by atoms with Crippen LogP contribution in [-0.2, 0) is 6.18 Å². The second-order valence-corrected chi connectivity index (χ2v) is 2.55. The lowest BCUT2D eigenvalue weighted by molar-refractivity contribution is -0.137. The number of alkyl halides is 3. The molecule has 0 unspecified atom stereocenters. The largest absolute Gasteiger partial charge is 0.416 e. The Labute approximate surface area is 72.2 Å². The minimum atomic E-state index is -4.39. The van der Waals surface area contributed by atoms with Crippen molar-refractivity contribution in [2.45, 2.75) is 6.18 Å². The van der Waals surface area contributed by atoms with Gasteiger partial charge in [0.05, 0.1) is 5.56 Å². The Hall–Kier alpha value is -0.770. The summed E-state index contributed by atoms with van der Waals surface area (Å²) < 4.78 is 36.1. The molecule has 1 aromatic rings. The van der Waals surface area contributed by atoms with E-state index < -0.39 is 11.7 Å². The molecule has 1 aromatic heterocycles. The third-order valence-corrected chi connectivity index (χ3v) is 1.37. The van der Waals surface area contributed by atoms with E-state index in [2.05, 4.69) is 11.9 Å². The van der Waals surface area contributed by atoms with Crippen molar-refractivity contribution in [2.24, 2.45) is 0 Å². The van der Waals surface area contributed by atoms with Gasteiger partial charge in [-0.25, -0.2) is 4.98 Å². The summed E-state index contributed by atoms with van der Waals surface area (Å²) in [4.78, 5) is 3.50. The minimum absolute atomic E-state index is 0.00910. The van der Waals surface area contributed by atoms with E-state index in [0.29, 0.717) is 0 Å². The first-order valence-corrected chi connectivity index (χ1v) is 3.34. The maximum atomic E-state index is 12.0. The van der Waals surface area contributed by atoms with E-state index in [0.717, 1.165) is 12.1 Å². The van der Waals surface area contributed by atoms with E-state index >= 15 is 0 Å². The fourth-order valence-corrected chi connectivity index (χ4v) is 0.941. The van der Waals surface area contributed by atoms with E-state index in [-0.39, 0.29) is 10.8 Å². The highest BCUT2D eigenvalue weighted by molar-refractivity contribution is 6.29. The maximum Gasteiger partial charge on any atom is 0.416 e. The molecule has 1 nitrogen and oxygen atoms in total. The van der Waals surface area contributed by atoms with Crippen molar-refractivity contribution in [3.8, 4) is 0 Å². The number of hydrogen-bond donors (Lipinski definition) is 0. The molecule has 1 radical (unpaired) electrons. The van der Waals surface area contributed by atoms with Crippen molar-refractivity contribution >= 4 is 11.6 Å². The van der Waals surface area contributed by atoms with Crippen LogP contribution in [0.1, 0.15) is 11.3 Å². The van der Waals surface area contributed by atoms with Gasteiger partial charge in [-0.15, -0.1) is 0 Å². The molecule has 0 saturated heterocycles. The van der Waals surface area contributed by atoms with Crippen molar-refractivity contribution < 1.29 is 13.2 Å². The summed E-state index contributed by atoms with van der Waals surface area (Å²) in [6, 6.07) is 1.60. The zero-order valence-electron chi connectivity index (χ0n) is 5.82. The van der Waals surface area contributed by atoms with Crippen molar-refractivity contribution in [3.05, 3.63) is 35.5 Å². The molecular weight excluding hydrogens is 191 g/mol. The van der Waals surface area contributed by atoms with Gasteiger partial charge < -0.3 is 0 Å². The molecule has 0 aromatic carbocycles. The van der Waals surface area contributed by atoms with E-state index in [9.17, 15) is 13.2 Å². The molecule has 0 N–H and O–H groups in total. The SMILES string of the molecule is [CH2]c1cc(C(F)(F)F)cc(Cl)n1. The predicted octanol–water partition coefficient (Wildman–Crippen LogP) is 2.94. The Balaban J connectivity index is 3.18. The monoisotopic (exact) mass is 194 g/mol. The lowest BCUT2D eigenvalue weighted by Gasteiger charge is -2.06. The van der Waals surface area contributed by atoms with Crippen LogP contribution < -0.4 is 0 Å². The average Bonchev–Trinajstić information content (AvgIpc) is 1.82. The molecule has 0 spiro atoms. The molecule has 0 aliphatic rings.